The number of nitrogens with one attached hydrogen (secondary N) is 2. The molecule has 0 saturated carbocycles. The van der Waals surface area contributed by atoms with Crippen molar-refractivity contribution in [1.29, 1.82) is 0 Å². The first-order valence-corrected chi connectivity index (χ1v) is 8.93. The average Bonchev–Trinajstić information content (AvgIpc) is 3.13. The van der Waals surface area contributed by atoms with Gasteiger partial charge in [-0.2, -0.15) is 0 Å². The molecule has 0 aromatic carbocycles. The van der Waals surface area contributed by atoms with Crippen molar-refractivity contribution in [1.82, 2.24) is 15.8 Å². The van der Waals surface area contributed by atoms with Crippen LogP contribution in [-0.4, -0.2) is 18.2 Å². The Labute approximate surface area is 166 Å². The molecule has 8 heteroatoms. The van der Waals surface area contributed by atoms with E-state index in [-0.39, 0.29) is 24.0 Å². The van der Waals surface area contributed by atoms with Crippen molar-refractivity contribution in [3.05, 3.63) is 37.8 Å². The van der Waals surface area contributed by atoms with Gasteiger partial charge in [-0.1, -0.05) is 19.0 Å². The normalized spacial score (nSPS) is 11.2. The summed E-state index contributed by atoms with van der Waals surface area (Å²) in [5.41, 5.74) is 2.16. The molecule has 0 bridgehead atoms. The summed E-state index contributed by atoms with van der Waals surface area (Å²) in [5.74, 6) is 1.72. The van der Waals surface area contributed by atoms with E-state index in [4.69, 9.17) is 4.52 Å². The number of nitrogens with zero attached hydrogens (tertiary/aromatic N) is 2. The van der Waals surface area contributed by atoms with Crippen LogP contribution < -0.4 is 10.6 Å². The van der Waals surface area contributed by atoms with Gasteiger partial charge in [-0.05, 0) is 34.5 Å². The van der Waals surface area contributed by atoms with Crippen LogP contribution >= 0.6 is 51.2 Å². The molecule has 0 saturated heterocycles. The molecule has 128 valence electrons. The van der Waals surface area contributed by atoms with E-state index in [2.05, 4.69) is 62.7 Å². The Bertz CT molecular complexity index is 620. The third-order valence-corrected chi connectivity index (χ3v) is 4.95. The van der Waals surface area contributed by atoms with Gasteiger partial charge in [0.25, 0.3) is 0 Å². The molecule has 23 heavy (non-hydrogen) atoms. The third kappa shape index (κ3) is 5.75. The van der Waals surface area contributed by atoms with Crippen molar-refractivity contribution in [3.63, 3.8) is 0 Å². The van der Waals surface area contributed by atoms with Crippen LogP contribution in [0, 0.1) is 0 Å². The first-order chi connectivity index (χ1) is 10.7. The molecule has 5 nitrogen and oxygen atoms in total. The zero-order valence-electron chi connectivity index (χ0n) is 13.5. The monoisotopic (exact) mass is 512 g/mol. The lowest BCUT2D eigenvalue weighted by Gasteiger charge is -2.11. The number of aryl methyl sites for hydroxylation is 2. The Morgan fingerprint density at radius 2 is 2.00 bits per heavy atom. The van der Waals surface area contributed by atoms with Gasteiger partial charge in [0.05, 0.1) is 16.0 Å². The van der Waals surface area contributed by atoms with Crippen molar-refractivity contribution < 1.29 is 4.52 Å². The van der Waals surface area contributed by atoms with Crippen LogP contribution in [0.3, 0.4) is 0 Å². The van der Waals surface area contributed by atoms with Crippen molar-refractivity contribution >= 4 is 57.2 Å². The molecule has 2 heterocycles. The summed E-state index contributed by atoms with van der Waals surface area (Å²) in [6.45, 7) is 5.58. The van der Waals surface area contributed by atoms with Crippen LogP contribution in [0.4, 0.5) is 0 Å². The van der Waals surface area contributed by atoms with Gasteiger partial charge < -0.3 is 15.2 Å². The number of halogens is 2. The molecule has 2 aromatic rings. The quantitative estimate of drug-likeness (QED) is 0.347. The molecule has 0 atom stereocenters. The van der Waals surface area contributed by atoms with Gasteiger partial charge in [-0.3, -0.25) is 4.99 Å². The maximum absolute atomic E-state index is 5.38. The molecule has 0 spiro atoms. The lowest BCUT2D eigenvalue weighted by Crippen LogP contribution is -2.36. The number of rotatable bonds is 6. The predicted molar refractivity (Wildman–Crippen MR) is 110 cm³/mol. The summed E-state index contributed by atoms with van der Waals surface area (Å²) in [6, 6.07) is 4.15. The van der Waals surface area contributed by atoms with Crippen molar-refractivity contribution in [2.45, 2.75) is 39.8 Å². The van der Waals surface area contributed by atoms with Crippen molar-refractivity contribution in [3.8, 4) is 0 Å². The standard InChI is InChI=1S/C15H21BrN4OS.HI/c1-4-12-11(13(5-2)21-20-12)9-19-15(17-3)18-8-10-6-7-14(16)22-10;/h6-7H,4-5,8-9H2,1-3H3,(H2,17,18,19);1H. The zero-order valence-corrected chi connectivity index (χ0v) is 18.2. The highest BCUT2D eigenvalue weighted by atomic mass is 127. The van der Waals surface area contributed by atoms with Crippen LogP contribution in [0.25, 0.3) is 0 Å². The first-order valence-electron chi connectivity index (χ1n) is 7.32. The molecular weight excluding hydrogens is 491 g/mol. The fourth-order valence-corrected chi connectivity index (χ4v) is 3.57. The topological polar surface area (TPSA) is 62.5 Å². The van der Waals surface area contributed by atoms with Gasteiger partial charge in [0.2, 0.25) is 0 Å². The summed E-state index contributed by atoms with van der Waals surface area (Å²) < 4.78 is 6.52. The second kappa shape index (κ2) is 10.3. The van der Waals surface area contributed by atoms with E-state index in [1.165, 1.54) is 4.88 Å². The third-order valence-electron chi connectivity index (χ3n) is 3.32. The maximum Gasteiger partial charge on any atom is 0.191 e. The van der Waals surface area contributed by atoms with E-state index in [0.29, 0.717) is 6.54 Å². The van der Waals surface area contributed by atoms with Gasteiger partial charge >= 0.3 is 0 Å². The minimum absolute atomic E-state index is 0. The van der Waals surface area contributed by atoms with Crippen LogP contribution in [0.15, 0.2) is 25.4 Å². The van der Waals surface area contributed by atoms with Crippen LogP contribution in [0.5, 0.6) is 0 Å². The lowest BCUT2D eigenvalue weighted by atomic mass is 10.1. The Kier molecular flexibility index (Phi) is 9.15. The summed E-state index contributed by atoms with van der Waals surface area (Å²) in [6.07, 6.45) is 1.72. The van der Waals surface area contributed by atoms with Crippen molar-refractivity contribution in [2.75, 3.05) is 7.05 Å². The van der Waals surface area contributed by atoms with Crippen LogP contribution in [0.2, 0.25) is 0 Å². The second-order valence-corrected chi connectivity index (χ2v) is 7.27. The highest BCUT2D eigenvalue weighted by Crippen LogP contribution is 2.21. The largest absolute Gasteiger partial charge is 0.361 e. The molecular formula is C15H22BrIN4OS. The average molecular weight is 513 g/mol. The Morgan fingerprint density at radius 1 is 1.26 bits per heavy atom. The molecule has 0 aliphatic carbocycles. The molecule has 0 fully saturated rings. The number of hydrogen-bond acceptors (Lipinski definition) is 4. The van der Waals surface area contributed by atoms with E-state index >= 15 is 0 Å². The van der Waals surface area contributed by atoms with Crippen LogP contribution in [0.1, 0.15) is 35.7 Å². The van der Waals surface area contributed by atoms with Gasteiger partial charge in [0.15, 0.2) is 5.96 Å². The molecule has 2 N–H and O–H groups in total. The van der Waals surface area contributed by atoms with E-state index in [1.54, 1.807) is 18.4 Å². The number of hydrogen-bond donors (Lipinski definition) is 2. The number of guanidine groups is 1. The fourth-order valence-electron chi connectivity index (χ4n) is 2.15. The van der Waals surface area contributed by atoms with Gasteiger partial charge in [-0.25, -0.2) is 0 Å². The minimum Gasteiger partial charge on any atom is -0.361 e. The van der Waals surface area contributed by atoms with E-state index in [0.717, 1.165) is 46.1 Å². The first kappa shape index (κ1) is 20.4. The summed E-state index contributed by atoms with van der Waals surface area (Å²) >= 11 is 5.19. The molecule has 0 aliphatic rings. The van der Waals surface area contributed by atoms with Gasteiger partial charge in [0.1, 0.15) is 5.76 Å². The van der Waals surface area contributed by atoms with Crippen LogP contribution in [-0.2, 0) is 25.9 Å². The van der Waals surface area contributed by atoms with E-state index < -0.39 is 0 Å². The second-order valence-electron chi connectivity index (χ2n) is 4.72. The van der Waals surface area contributed by atoms with Crippen molar-refractivity contribution in [2.24, 2.45) is 4.99 Å². The van der Waals surface area contributed by atoms with E-state index in [9.17, 15) is 0 Å². The highest BCUT2D eigenvalue weighted by molar-refractivity contribution is 14.0. The molecule has 0 aliphatic heterocycles. The SMILES string of the molecule is CCc1noc(CC)c1CNC(=NC)NCc1ccc(Br)s1.I. The van der Waals surface area contributed by atoms with Gasteiger partial charge in [-0.15, -0.1) is 35.3 Å². The van der Waals surface area contributed by atoms with E-state index in [1.807, 2.05) is 0 Å². The number of aliphatic imine (C=N–C) groups is 1. The predicted octanol–water partition coefficient (Wildman–Crippen LogP) is 4.11. The number of thiophene rings is 1. The number of aromatic nitrogens is 1. The Balaban J connectivity index is 0.00000264. The van der Waals surface area contributed by atoms with Gasteiger partial charge in [0, 0.05) is 30.5 Å². The summed E-state index contributed by atoms with van der Waals surface area (Å²) in [7, 11) is 1.77. The maximum atomic E-state index is 5.38. The molecule has 0 amide bonds. The smallest absolute Gasteiger partial charge is 0.191 e. The minimum atomic E-state index is 0. The molecule has 2 rings (SSSR count). The summed E-state index contributed by atoms with van der Waals surface area (Å²) in [4.78, 5) is 5.51. The molecule has 2 aromatic heterocycles. The summed E-state index contributed by atoms with van der Waals surface area (Å²) in [5, 5.41) is 10.8. The Hall–Kier alpha value is -0.610. The zero-order chi connectivity index (χ0) is 15.9. The molecule has 0 unspecified atom stereocenters. The Morgan fingerprint density at radius 3 is 2.57 bits per heavy atom. The lowest BCUT2D eigenvalue weighted by molar-refractivity contribution is 0.380. The highest BCUT2D eigenvalue weighted by Gasteiger charge is 2.13. The fraction of sp³-hybridized carbons (Fsp3) is 0.467. The molecule has 0 radical (unpaired) electrons.